The van der Waals surface area contributed by atoms with Gasteiger partial charge in [-0.2, -0.15) is 0 Å². The molecule has 2 aromatic carbocycles. The molecule has 3 aromatic rings. The number of furan rings is 1. The van der Waals surface area contributed by atoms with E-state index >= 15 is 0 Å². The van der Waals surface area contributed by atoms with Gasteiger partial charge < -0.3 is 30.4 Å². The second kappa shape index (κ2) is 8.30. The third-order valence-electron chi connectivity index (χ3n) is 3.89. The van der Waals surface area contributed by atoms with E-state index in [0.29, 0.717) is 11.1 Å². The summed E-state index contributed by atoms with van der Waals surface area (Å²) in [5, 5.41) is 21.3. The summed E-state index contributed by atoms with van der Waals surface area (Å²) in [7, 11) is 0. The van der Waals surface area contributed by atoms with Gasteiger partial charge in [-0.3, -0.25) is 4.79 Å². The summed E-state index contributed by atoms with van der Waals surface area (Å²) >= 11 is 6.10. The maximum Gasteiger partial charge on any atom is 0.316 e. The first-order valence-electron chi connectivity index (χ1n) is 8.24. The second-order valence-electron chi connectivity index (χ2n) is 5.91. The number of anilines is 1. The van der Waals surface area contributed by atoms with Crippen LogP contribution in [-0.2, 0) is 0 Å². The highest BCUT2D eigenvalue weighted by Crippen LogP contribution is 2.35. The standard InChI is InChI=1S/C19H17ClN2O6/c20-14-4-2-1-3-12(14)17(25)18-16(22-19(21)26)13-6-5-11(7-15(13)28-18)27-9-10(24)8-23/h1-7,10,23-24H,8-9H2,(H3,21,22,26). The predicted molar refractivity (Wildman–Crippen MR) is 103 cm³/mol. The zero-order valence-corrected chi connectivity index (χ0v) is 15.3. The molecular weight excluding hydrogens is 388 g/mol. The molecule has 0 saturated carbocycles. The minimum Gasteiger partial charge on any atom is -0.491 e. The fourth-order valence-corrected chi connectivity index (χ4v) is 2.81. The number of ether oxygens (including phenoxy) is 1. The van der Waals surface area contributed by atoms with Crippen LogP contribution in [0.3, 0.4) is 0 Å². The van der Waals surface area contributed by atoms with Crippen molar-refractivity contribution in [2.24, 2.45) is 5.73 Å². The summed E-state index contributed by atoms with van der Waals surface area (Å²) in [5.41, 5.74) is 5.82. The molecule has 0 fully saturated rings. The van der Waals surface area contributed by atoms with E-state index in [1.807, 2.05) is 0 Å². The van der Waals surface area contributed by atoms with Crippen LogP contribution in [-0.4, -0.2) is 41.3 Å². The van der Waals surface area contributed by atoms with Crippen LogP contribution in [0.25, 0.3) is 11.0 Å². The number of rotatable bonds is 7. The molecule has 1 atom stereocenters. The van der Waals surface area contributed by atoms with Crippen LogP contribution in [0.1, 0.15) is 16.1 Å². The van der Waals surface area contributed by atoms with Crippen LogP contribution in [0.15, 0.2) is 46.9 Å². The van der Waals surface area contributed by atoms with Crippen LogP contribution in [0.2, 0.25) is 5.02 Å². The zero-order chi connectivity index (χ0) is 20.3. The molecule has 0 saturated heterocycles. The Bertz CT molecular complexity index is 1030. The Morgan fingerprint density at radius 2 is 2.00 bits per heavy atom. The second-order valence-corrected chi connectivity index (χ2v) is 6.32. The summed E-state index contributed by atoms with van der Waals surface area (Å²) in [4.78, 5) is 24.3. The van der Waals surface area contributed by atoms with Crippen molar-refractivity contribution in [3.8, 4) is 5.75 Å². The molecule has 1 aromatic heterocycles. The maximum atomic E-state index is 12.9. The number of primary amides is 1. The van der Waals surface area contributed by atoms with Gasteiger partial charge in [0.1, 0.15) is 29.7 Å². The smallest absolute Gasteiger partial charge is 0.316 e. The Kier molecular flexibility index (Phi) is 5.84. The third-order valence-corrected chi connectivity index (χ3v) is 4.22. The third kappa shape index (κ3) is 4.09. The molecular formula is C19H17ClN2O6. The highest BCUT2D eigenvalue weighted by molar-refractivity contribution is 6.35. The molecule has 9 heteroatoms. The quantitative estimate of drug-likeness (QED) is 0.447. The number of amides is 2. The number of aliphatic hydroxyl groups excluding tert-OH is 2. The molecule has 0 aliphatic heterocycles. The Morgan fingerprint density at radius 3 is 2.68 bits per heavy atom. The average molecular weight is 405 g/mol. The van der Waals surface area contributed by atoms with Crippen LogP contribution in [0.4, 0.5) is 10.5 Å². The number of hydrogen-bond acceptors (Lipinski definition) is 6. The summed E-state index contributed by atoms with van der Waals surface area (Å²) in [5.74, 6) is -0.311. The van der Waals surface area contributed by atoms with Gasteiger partial charge in [0.05, 0.1) is 11.6 Å². The number of fused-ring (bicyclic) bond motifs is 1. The lowest BCUT2D eigenvalue weighted by molar-refractivity contribution is 0.0536. The van der Waals surface area contributed by atoms with Gasteiger partial charge in [0, 0.05) is 17.0 Å². The number of benzene rings is 2. The highest BCUT2D eigenvalue weighted by atomic mass is 35.5. The Hall–Kier alpha value is -3.07. The van der Waals surface area contributed by atoms with Crippen molar-refractivity contribution in [3.05, 3.63) is 58.8 Å². The van der Waals surface area contributed by atoms with E-state index in [4.69, 9.17) is 31.6 Å². The Balaban J connectivity index is 2.04. The van der Waals surface area contributed by atoms with Crippen molar-refractivity contribution in [1.29, 1.82) is 0 Å². The minimum absolute atomic E-state index is 0.120. The molecule has 8 nitrogen and oxygen atoms in total. The van der Waals surface area contributed by atoms with Crippen LogP contribution < -0.4 is 15.8 Å². The van der Waals surface area contributed by atoms with E-state index in [1.54, 1.807) is 30.3 Å². The SMILES string of the molecule is NC(=O)Nc1c(C(=O)c2ccccc2Cl)oc2cc(OCC(O)CO)ccc12. The van der Waals surface area contributed by atoms with E-state index in [0.717, 1.165) is 0 Å². The molecule has 0 spiro atoms. The first-order valence-corrected chi connectivity index (χ1v) is 8.62. The molecule has 0 bridgehead atoms. The monoisotopic (exact) mass is 404 g/mol. The maximum absolute atomic E-state index is 12.9. The van der Waals surface area contributed by atoms with Gasteiger partial charge in [-0.05, 0) is 24.3 Å². The number of halogens is 1. The van der Waals surface area contributed by atoms with Crippen LogP contribution in [0, 0.1) is 0 Å². The number of ketones is 1. The normalized spacial score (nSPS) is 12.0. The molecule has 28 heavy (non-hydrogen) atoms. The molecule has 146 valence electrons. The first kappa shape index (κ1) is 19.7. The van der Waals surface area contributed by atoms with Gasteiger partial charge in [-0.1, -0.05) is 23.7 Å². The molecule has 0 aliphatic carbocycles. The van der Waals surface area contributed by atoms with Crippen LogP contribution in [0.5, 0.6) is 5.75 Å². The number of hydrogen-bond donors (Lipinski definition) is 4. The minimum atomic E-state index is -1.03. The van der Waals surface area contributed by atoms with Gasteiger partial charge in [0.25, 0.3) is 0 Å². The summed E-state index contributed by atoms with van der Waals surface area (Å²) in [6.45, 7) is -0.563. The van der Waals surface area contributed by atoms with Crippen molar-refractivity contribution in [3.63, 3.8) is 0 Å². The van der Waals surface area contributed by atoms with Gasteiger partial charge in [0.2, 0.25) is 5.78 Å². The highest BCUT2D eigenvalue weighted by Gasteiger charge is 2.24. The zero-order valence-electron chi connectivity index (χ0n) is 14.5. The Morgan fingerprint density at radius 1 is 1.25 bits per heavy atom. The summed E-state index contributed by atoms with van der Waals surface area (Å²) in [6, 6.07) is 10.2. The first-order chi connectivity index (χ1) is 13.4. The van der Waals surface area contributed by atoms with E-state index in [9.17, 15) is 14.7 Å². The lowest BCUT2D eigenvalue weighted by Crippen LogP contribution is -2.21. The van der Waals surface area contributed by atoms with E-state index < -0.39 is 24.5 Å². The molecule has 2 amide bonds. The van der Waals surface area contributed by atoms with Crippen molar-refractivity contribution in [1.82, 2.24) is 0 Å². The van der Waals surface area contributed by atoms with E-state index in [1.165, 1.54) is 12.1 Å². The average Bonchev–Trinajstić information content (AvgIpc) is 3.03. The molecule has 0 radical (unpaired) electrons. The lowest BCUT2D eigenvalue weighted by atomic mass is 10.1. The number of urea groups is 1. The molecule has 1 unspecified atom stereocenters. The fraction of sp³-hybridized carbons (Fsp3) is 0.158. The number of carbonyl (C=O) groups excluding carboxylic acids is 2. The fourth-order valence-electron chi connectivity index (χ4n) is 2.59. The number of aliphatic hydroxyl groups is 2. The number of nitrogens with one attached hydrogen (secondary N) is 1. The van der Waals surface area contributed by atoms with Crippen molar-refractivity contribution >= 4 is 40.1 Å². The van der Waals surface area contributed by atoms with Crippen molar-refractivity contribution in [2.75, 3.05) is 18.5 Å². The van der Waals surface area contributed by atoms with Gasteiger partial charge in [0.15, 0.2) is 5.76 Å². The van der Waals surface area contributed by atoms with Crippen molar-refractivity contribution in [2.45, 2.75) is 6.10 Å². The van der Waals surface area contributed by atoms with Gasteiger partial charge >= 0.3 is 6.03 Å². The van der Waals surface area contributed by atoms with Gasteiger partial charge in [-0.15, -0.1) is 0 Å². The van der Waals surface area contributed by atoms with E-state index in [2.05, 4.69) is 5.32 Å². The van der Waals surface area contributed by atoms with Gasteiger partial charge in [-0.25, -0.2) is 4.79 Å². The summed E-state index contributed by atoms with van der Waals surface area (Å²) < 4.78 is 11.0. The predicted octanol–water partition coefficient (Wildman–Crippen LogP) is 2.54. The van der Waals surface area contributed by atoms with Crippen LogP contribution >= 0.6 is 11.6 Å². The Labute approximate surface area is 164 Å². The topological polar surface area (TPSA) is 135 Å². The number of nitrogens with two attached hydrogens (primary N) is 1. The molecule has 0 aliphatic rings. The van der Waals surface area contributed by atoms with E-state index in [-0.39, 0.29) is 34.2 Å². The number of carbonyl (C=O) groups is 2. The summed E-state index contributed by atoms with van der Waals surface area (Å²) in [6.07, 6.45) is -1.03. The molecule has 5 N–H and O–H groups in total. The molecule has 3 rings (SSSR count). The van der Waals surface area contributed by atoms with Crippen molar-refractivity contribution < 1.29 is 29.0 Å². The molecule has 1 heterocycles. The largest absolute Gasteiger partial charge is 0.491 e. The lowest BCUT2D eigenvalue weighted by Gasteiger charge is -2.09.